The molecule has 640 valence electrons. The van der Waals surface area contributed by atoms with E-state index in [1.54, 1.807) is 121 Å². The Labute approximate surface area is 683 Å². The molecule has 11 amide bonds. The fraction of sp³-hybridized carbons (Fsp3) is 0.500. The number of hydrogen-bond donors (Lipinski definition) is 24. The lowest BCUT2D eigenvalue weighted by atomic mass is 10.0. The fourth-order valence-corrected chi connectivity index (χ4v) is 12.4. The Morgan fingerprint density at radius 3 is 0.846 bits per heavy atom. The summed E-state index contributed by atoms with van der Waals surface area (Å²) in [5, 5.41) is 72.3. The molecule has 4 aromatic rings. The van der Waals surface area contributed by atoms with Gasteiger partial charge in [0, 0.05) is 84.7 Å². The van der Waals surface area contributed by atoms with Crippen molar-refractivity contribution in [3.8, 4) is 0 Å². The third-order valence-electron chi connectivity index (χ3n) is 18.5. The Morgan fingerprint density at radius 1 is 0.299 bits per heavy atom. The van der Waals surface area contributed by atoms with E-state index in [9.17, 15) is 38.4 Å². The lowest BCUT2D eigenvalue weighted by Gasteiger charge is -2.28. The van der Waals surface area contributed by atoms with Crippen molar-refractivity contribution in [2.45, 2.75) is 203 Å². The summed E-state index contributed by atoms with van der Waals surface area (Å²) >= 11 is 0. The van der Waals surface area contributed by atoms with E-state index in [1.807, 2.05) is 0 Å². The molecule has 29 N–H and O–H groups in total. The van der Waals surface area contributed by atoms with Gasteiger partial charge in [0.1, 0.15) is 54.4 Å². The highest BCUT2D eigenvalue weighted by molar-refractivity contribution is 5.99. The zero-order chi connectivity index (χ0) is 85.7. The zero-order valence-corrected chi connectivity index (χ0v) is 66.9. The van der Waals surface area contributed by atoms with E-state index >= 15 is 19.2 Å². The summed E-state index contributed by atoms with van der Waals surface area (Å²) in [5.74, 6) is -9.80. The molecule has 37 heteroatoms. The minimum Gasteiger partial charge on any atom is -0.469 e. The van der Waals surface area contributed by atoms with E-state index in [2.05, 4.69) is 79.8 Å². The van der Waals surface area contributed by atoms with E-state index in [0.717, 1.165) is 19.3 Å². The molecule has 0 aliphatic rings. The molecule has 0 spiro atoms. The molecule has 0 fully saturated rings. The number of carbonyl (C=O) groups excluding carboxylic acids is 12. The van der Waals surface area contributed by atoms with Crippen LogP contribution in [-0.4, -0.2) is 202 Å². The van der Waals surface area contributed by atoms with Crippen molar-refractivity contribution in [1.29, 1.82) is 21.6 Å². The molecule has 0 aliphatic carbocycles. The molecule has 0 aromatic heterocycles. The molecule has 9 atom stereocenters. The number of esters is 1. The Morgan fingerprint density at radius 2 is 0.556 bits per heavy atom. The van der Waals surface area contributed by atoms with Gasteiger partial charge < -0.3 is 113 Å². The van der Waals surface area contributed by atoms with E-state index < -0.39 is 125 Å². The van der Waals surface area contributed by atoms with Crippen LogP contribution >= 0.6 is 0 Å². The largest absolute Gasteiger partial charge is 0.469 e. The third-order valence-corrected chi connectivity index (χ3v) is 18.5. The second-order valence-corrected chi connectivity index (χ2v) is 28.2. The zero-order valence-electron chi connectivity index (χ0n) is 66.9. The molecule has 117 heavy (non-hydrogen) atoms. The average Bonchev–Trinajstić information content (AvgIpc) is 0.867. The highest BCUT2D eigenvalue weighted by Crippen LogP contribution is 2.15. The molecule has 0 radical (unpaired) electrons. The monoisotopic (exact) mass is 1630 g/mol. The smallest absolute Gasteiger partial charge is 0.305 e. The summed E-state index contributed by atoms with van der Waals surface area (Å²) in [6.07, 6.45) is 4.39. The van der Waals surface area contributed by atoms with Crippen molar-refractivity contribution in [3.05, 3.63) is 144 Å². The minimum atomic E-state index is -1.51. The summed E-state index contributed by atoms with van der Waals surface area (Å²) in [6.45, 7) is 2.66. The number of nitrogens with two attached hydrogens (primary N) is 5. The van der Waals surface area contributed by atoms with Gasteiger partial charge in [0.25, 0.3) is 0 Å². The Kier molecular flexibility index (Phi) is 46.3. The SMILES string of the molecule is COC(=O)CC[C@H](NC(=O)CCCCCNC(=O)[C@H](CCCNC(=N)N)NC(=O)[C@H](Cc1ccccc1)NC(=O)[C@H](CCCNC(=N)N)NC(=O)[C@H](Cc1ccccc1)NC(=O)[C@H](CCCNC(=N)N)NC(=O)[C@H](Cc1ccccc1)NC(=O)[C@H](CCCNC(=N)N)NC(=O)[C@H](Cc1ccccc1)NC(C)=O)C(=O)NCCCCCCN. The summed E-state index contributed by atoms with van der Waals surface area (Å²) in [7, 11) is 1.23. The summed E-state index contributed by atoms with van der Waals surface area (Å²) < 4.78 is 4.75. The van der Waals surface area contributed by atoms with Crippen LogP contribution in [0.25, 0.3) is 0 Å². The van der Waals surface area contributed by atoms with Gasteiger partial charge in [-0.1, -0.05) is 141 Å². The maximum atomic E-state index is 15.2. The van der Waals surface area contributed by atoms with Crippen LogP contribution in [0.4, 0.5) is 0 Å². The number of nitrogens with one attached hydrogen (secondary N) is 19. The van der Waals surface area contributed by atoms with Crippen molar-refractivity contribution in [2.24, 2.45) is 28.7 Å². The molecule has 0 saturated carbocycles. The predicted octanol–water partition coefficient (Wildman–Crippen LogP) is -1.34. The van der Waals surface area contributed by atoms with Crippen LogP contribution in [-0.2, 0) is 88.0 Å². The standard InChI is InChI=1S/C80H122N24O13/c1-52(105)96-62(48-53-26-10-5-11-27-53)73(113)99-58(35-23-45-93-78(84)85)70(110)103-64(50-55-30-14-7-15-31-55)75(115)101-60(37-25-47-95-80(88)89)72(112)104-65(51-56-32-16-8-17-33-56)76(116)100-59(36-24-46-94-79(86)87)71(111)102-63(49-54-28-12-6-13-29-54)74(114)98-57(34-22-44-92-77(82)83)68(108)90-43-21-9-18-38-66(106)97-61(39-40-67(107)117-2)69(109)91-42-20-4-3-19-41-81/h5-8,10-17,26-33,57-65H,3-4,9,18-25,34-51,81H2,1-2H3,(H,90,108)(H,91,109)(H,96,105)(H,97,106)(H,98,114)(H,99,113)(H,100,116)(H,101,115)(H,102,111)(H,103,110)(H,104,112)(H4,82,83,92)(H4,84,85,93)(H4,86,87,94)(H4,88,89,95)/t57-,58-,59-,60-,61-,62-,63-,64-,65-/m0/s1. The summed E-state index contributed by atoms with van der Waals surface area (Å²) in [5.41, 5.74) is 30.4. The quantitative estimate of drug-likeness (QED) is 0.0105. The molecule has 0 saturated heterocycles. The maximum Gasteiger partial charge on any atom is 0.305 e. The number of rotatable bonds is 57. The van der Waals surface area contributed by atoms with Gasteiger partial charge in [-0.25, -0.2) is 0 Å². The highest BCUT2D eigenvalue weighted by atomic mass is 16.5. The number of unbranched alkanes of at least 4 members (excludes halogenated alkanes) is 5. The molecule has 0 aliphatic heterocycles. The lowest BCUT2D eigenvalue weighted by Crippen LogP contribution is -2.61. The van der Waals surface area contributed by atoms with Crippen LogP contribution in [0.5, 0.6) is 0 Å². The van der Waals surface area contributed by atoms with Gasteiger partial charge in [0.2, 0.25) is 65.0 Å². The molecule has 37 nitrogen and oxygen atoms in total. The Hall–Kier alpha value is -12.4. The predicted molar refractivity (Wildman–Crippen MR) is 443 cm³/mol. The van der Waals surface area contributed by atoms with Crippen LogP contribution in [0.3, 0.4) is 0 Å². The Bertz CT molecular complexity index is 3810. The molecule has 4 rings (SSSR count). The van der Waals surface area contributed by atoms with Crippen molar-refractivity contribution in [3.63, 3.8) is 0 Å². The van der Waals surface area contributed by atoms with E-state index in [4.69, 9.17) is 55.0 Å². The van der Waals surface area contributed by atoms with Crippen molar-refractivity contribution in [2.75, 3.05) is 52.9 Å². The van der Waals surface area contributed by atoms with Gasteiger partial charge >= 0.3 is 5.97 Å². The molecule has 0 bridgehead atoms. The number of methoxy groups -OCH3 is 1. The fourth-order valence-electron chi connectivity index (χ4n) is 12.4. The first kappa shape index (κ1) is 96.9. The maximum absolute atomic E-state index is 15.2. The van der Waals surface area contributed by atoms with E-state index in [0.29, 0.717) is 61.0 Å². The van der Waals surface area contributed by atoms with E-state index in [1.165, 1.54) is 14.0 Å². The van der Waals surface area contributed by atoms with Crippen LogP contribution < -0.4 is 108 Å². The third kappa shape index (κ3) is 42.0. The van der Waals surface area contributed by atoms with Gasteiger partial charge in [-0.05, 0) is 112 Å². The van der Waals surface area contributed by atoms with Gasteiger partial charge in [0.15, 0.2) is 23.8 Å². The number of benzene rings is 4. The first-order chi connectivity index (χ1) is 56.1. The van der Waals surface area contributed by atoms with Crippen molar-refractivity contribution in [1.82, 2.24) is 79.8 Å². The Balaban J connectivity index is 1.65. The van der Waals surface area contributed by atoms with Crippen molar-refractivity contribution < 1.29 is 62.3 Å². The first-order valence-electron chi connectivity index (χ1n) is 39.6. The number of guanidine groups is 4. The van der Waals surface area contributed by atoms with Crippen LogP contribution in [0.1, 0.15) is 145 Å². The van der Waals surface area contributed by atoms with Crippen LogP contribution in [0.2, 0.25) is 0 Å². The van der Waals surface area contributed by atoms with Crippen molar-refractivity contribution >= 4 is 94.8 Å². The number of carbonyl (C=O) groups is 12. The second kappa shape index (κ2) is 55.9. The number of ether oxygens (including phenoxy) is 1. The van der Waals surface area contributed by atoms with E-state index in [-0.39, 0.29) is 153 Å². The highest BCUT2D eigenvalue weighted by Gasteiger charge is 2.36. The van der Waals surface area contributed by atoms with Crippen LogP contribution in [0, 0.1) is 21.6 Å². The first-order valence-corrected chi connectivity index (χ1v) is 39.6. The van der Waals surface area contributed by atoms with Crippen LogP contribution in [0.15, 0.2) is 121 Å². The summed E-state index contributed by atoms with van der Waals surface area (Å²) in [6, 6.07) is 22.6. The number of hydrogen-bond acceptors (Lipinski definition) is 18. The average molecular weight is 1630 g/mol. The second-order valence-electron chi connectivity index (χ2n) is 28.2. The molecular formula is C80H122N24O13. The normalized spacial score (nSPS) is 13.1. The van der Waals surface area contributed by atoms with Gasteiger partial charge in [-0.15, -0.1) is 0 Å². The molecule has 0 heterocycles. The molecule has 4 aromatic carbocycles. The minimum absolute atomic E-state index is 0.0218. The molecule has 0 unspecified atom stereocenters. The van der Waals surface area contributed by atoms with Gasteiger partial charge in [-0.3, -0.25) is 79.2 Å². The number of amides is 11. The van der Waals surface area contributed by atoms with Gasteiger partial charge in [0.05, 0.1) is 7.11 Å². The summed E-state index contributed by atoms with van der Waals surface area (Å²) in [4.78, 5) is 169. The molecular weight excluding hydrogens is 1510 g/mol. The lowest BCUT2D eigenvalue weighted by molar-refractivity contribution is -0.141. The van der Waals surface area contributed by atoms with Gasteiger partial charge in [-0.2, -0.15) is 0 Å². The topological polar surface area (TPSA) is 620 Å².